The van der Waals surface area contributed by atoms with Gasteiger partial charge in [-0.25, -0.2) is 0 Å². The molecule has 16 heavy (non-hydrogen) atoms. The summed E-state index contributed by atoms with van der Waals surface area (Å²) in [4.78, 5) is 0. The lowest BCUT2D eigenvalue weighted by Crippen LogP contribution is -2.39. The third-order valence-corrected chi connectivity index (χ3v) is 2.37. The molecule has 4 heteroatoms. The quantitative estimate of drug-likeness (QED) is 0.652. The van der Waals surface area contributed by atoms with Crippen molar-refractivity contribution < 1.29 is 9.84 Å². The van der Waals surface area contributed by atoms with Crippen molar-refractivity contribution in [1.82, 2.24) is 0 Å². The highest BCUT2D eigenvalue weighted by atomic mass is 35.5. The van der Waals surface area contributed by atoms with Crippen molar-refractivity contribution in [2.24, 2.45) is 17.6 Å². The molecule has 0 fully saturated rings. The van der Waals surface area contributed by atoms with Gasteiger partial charge in [0.2, 0.25) is 0 Å². The molecule has 0 spiro atoms. The van der Waals surface area contributed by atoms with Crippen molar-refractivity contribution in [3.63, 3.8) is 0 Å². The van der Waals surface area contributed by atoms with E-state index in [2.05, 4.69) is 27.7 Å². The van der Waals surface area contributed by atoms with Gasteiger partial charge in [0.05, 0.1) is 12.7 Å². The van der Waals surface area contributed by atoms with Crippen LogP contribution in [-0.4, -0.2) is 30.5 Å². The van der Waals surface area contributed by atoms with Crippen LogP contribution in [0.1, 0.15) is 40.5 Å². The molecule has 0 rings (SSSR count). The van der Waals surface area contributed by atoms with Crippen LogP contribution in [-0.2, 0) is 4.74 Å². The van der Waals surface area contributed by atoms with E-state index in [1.807, 2.05) is 0 Å². The maximum Gasteiger partial charge on any atom is 0.0924 e. The predicted octanol–water partition coefficient (Wildman–Crippen LogP) is 2.21. The van der Waals surface area contributed by atoms with Gasteiger partial charge in [0.25, 0.3) is 0 Å². The van der Waals surface area contributed by atoms with E-state index in [0.29, 0.717) is 25.0 Å². The van der Waals surface area contributed by atoms with Gasteiger partial charge in [-0.05, 0) is 24.7 Å². The van der Waals surface area contributed by atoms with E-state index in [1.165, 1.54) is 0 Å². The van der Waals surface area contributed by atoms with Crippen molar-refractivity contribution in [2.75, 3.05) is 13.2 Å². The molecule has 0 aromatic heterocycles. The Bertz CT molecular complexity index is 154. The van der Waals surface area contributed by atoms with Crippen LogP contribution in [0.25, 0.3) is 0 Å². The molecule has 3 N–H and O–H groups in total. The molecule has 1 unspecified atom stereocenters. The molecule has 3 nitrogen and oxygen atoms in total. The summed E-state index contributed by atoms with van der Waals surface area (Å²) < 4.78 is 5.38. The van der Waals surface area contributed by atoms with Crippen LogP contribution in [0.3, 0.4) is 0 Å². The summed E-state index contributed by atoms with van der Waals surface area (Å²) in [7, 11) is 0. The van der Waals surface area contributed by atoms with Crippen molar-refractivity contribution >= 4 is 12.4 Å². The van der Waals surface area contributed by atoms with Crippen LogP contribution in [0.5, 0.6) is 0 Å². The smallest absolute Gasteiger partial charge is 0.0924 e. The summed E-state index contributed by atoms with van der Waals surface area (Å²) in [6, 6.07) is -0.163. The first-order valence-electron chi connectivity index (χ1n) is 5.94. The lowest BCUT2D eigenvalue weighted by atomic mass is 10.0. The standard InChI is InChI=1S/C12H27NO2.ClH/c1-9(2)5-6-15-8-12(14)11(13)7-10(3)4;/h9-12,14H,5-8,13H2,1-4H3;1H/t11-,12?;/m0./s1. The largest absolute Gasteiger partial charge is 0.389 e. The molecule has 0 saturated carbocycles. The number of aliphatic hydroxyl groups excluding tert-OH is 1. The maximum atomic E-state index is 9.68. The molecule has 0 aliphatic rings. The van der Waals surface area contributed by atoms with Crippen LogP contribution < -0.4 is 5.73 Å². The van der Waals surface area contributed by atoms with Crippen LogP contribution in [0.4, 0.5) is 0 Å². The fraction of sp³-hybridized carbons (Fsp3) is 1.00. The Morgan fingerprint density at radius 1 is 1.12 bits per heavy atom. The zero-order chi connectivity index (χ0) is 11.8. The van der Waals surface area contributed by atoms with Crippen molar-refractivity contribution in [2.45, 2.75) is 52.7 Å². The zero-order valence-electron chi connectivity index (χ0n) is 11.0. The summed E-state index contributed by atoms with van der Waals surface area (Å²) in [6.45, 7) is 9.59. The molecule has 2 atom stereocenters. The Labute approximate surface area is 106 Å². The summed E-state index contributed by atoms with van der Waals surface area (Å²) in [5, 5.41) is 9.68. The second kappa shape index (κ2) is 10.3. The third-order valence-electron chi connectivity index (χ3n) is 2.37. The van der Waals surface area contributed by atoms with E-state index in [9.17, 15) is 5.11 Å². The minimum Gasteiger partial charge on any atom is -0.389 e. The highest BCUT2D eigenvalue weighted by molar-refractivity contribution is 5.85. The van der Waals surface area contributed by atoms with Crippen LogP contribution in [0.15, 0.2) is 0 Å². The summed E-state index contributed by atoms with van der Waals surface area (Å²) in [5.74, 6) is 1.16. The molecule has 0 aromatic rings. The SMILES string of the molecule is CC(C)CCOCC(O)[C@@H](N)CC(C)C.Cl. The molecule has 0 aliphatic heterocycles. The van der Waals surface area contributed by atoms with E-state index in [4.69, 9.17) is 10.5 Å². The van der Waals surface area contributed by atoms with Gasteiger partial charge in [0.15, 0.2) is 0 Å². The Hall–Kier alpha value is 0.170. The van der Waals surface area contributed by atoms with Gasteiger partial charge in [0.1, 0.15) is 0 Å². The van der Waals surface area contributed by atoms with E-state index >= 15 is 0 Å². The lowest BCUT2D eigenvalue weighted by molar-refractivity contribution is 0.0167. The monoisotopic (exact) mass is 253 g/mol. The van der Waals surface area contributed by atoms with Gasteiger partial charge in [0, 0.05) is 12.6 Å². The van der Waals surface area contributed by atoms with Gasteiger partial charge in [-0.1, -0.05) is 27.7 Å². The van der Waals surface area contributed by atoms with Gasteiger partial charge < -0.3 is 15.6 Å². The highest BCUT2D eigenvalue weighted by Crippen LogP contribution is 2.07. The van der Waals surface area contributed by atoms with Crippen LogP contribution >= 0.6 is 12.4 Å². The Balaban J connectivity index is 0. The normalized spacial score (nSPS) is 15.0. The number of rotatable bonds is 8. The van der Waals surface area contributed by atoms with Gasteiger partial charge in [-0.15, -0.1) is 12.4 Å². The van der Waals surface area contributed by atoms with Crippen LogP contribution in [0, 0.1) is 11.8 Å². The number of aliphatic hydroxyl groups is 1. The van der Waals surface area contributed by atoms with Gasteiger partial charge in [-0.2, -0.15) is 0 Å². The second-order valence-corrected chi connectivity index (χ2v) is 5.12. The zero-order valence-corrected chi connectivity index (χ0v) is 11.8. The first-order valence-corrected chi connectivity index (χ1v) is 5.94. The molecule has 0 amide bonds. The number of hydrogen-bond acceptors (Lipinski definition) is 3. The average Bonchev–Trinajstić information content (AvgIpc) is 2.10. The lowest BCUT2D eigenvalue weighted by Gasteiger charge is -2.20. The Kier molecular flexibility index (Phi) is 12.0. The first kappa shape index (κ1) is 18.5. The Morgan fingerprint density at radius 3 is 2.12 bits per heavy atom. The second-order valence-electron chi connectivity index (χ2n) is 5.12. The third kappa shape index (κ3) is 10.7. The van der Waals surface area contributed by atoms with Gasteiger partial charge in [-0.3, -0.25) is 0 Å². The van der Waals surface area contributed by atoms with E-state index < -0.39 is 6.10 Å². The molecule has 100 valence electrons. The molecule has 0 bridgehead atoms. The molecule has 0 aliphatic carbocycles. The summed E-state index contributed by atoms with van der Waals surface area (Å²) in [6.07, 6.45) is 1.35. The first-order chi connectivity index (χ1) is 6.93. The average molecular weight is 254 g/mol. The topological polar surface area (TPSA) is 55.5 Å². The molecular weight excluding hydrogens is 226 g/mol. The molecular formula is C12H28ClNO2. The number of ether oxygens (including phenoxy) is 1. The maximum absolute atomic E-state index is 9.68. The van der Waals surface area contributed by atoms with E-state index in [1.54, 1.807) is 0 Å². The van der Waals surface area contributed by atoms with Crippen LogP contribution in [0.2, 0.25) is 0 Å². The minimum atomic E-state index is -0.528. The van der Waals surface area contributed by atoms with Crippen molar-refractivity contribution in [1.29, 1.82) is 0 Å². The Morgan fingerprint density at radius 2 is 1.69 bits per heavy atom. The fourth-order valence-electron chi connectivity index (χ4n) is 1.35. The minimum absolute atomic E-state index is 0. The van der Waals surface area contributed by atoms with Crippen molar-refractivity contribution in [3.8, 4) is 0 Å². The molecule has 0 heterocycles. The molecule has 0 saturated heterocycles. The van der Waals surface area contributed by atoms with E-state index in [-0.39, 0.29) is 18.4 Å². The van der Waals surface area contributed by atoms with E-state index in [0.717, 1.165) is 12.8 Å². The fourth-order valence-corrected chi connectivity index (χ4v) is 1.35. The molecule has 0 aromatic carbocycles. The molecule has 0 radical (unpaired) electrons. The van der Waals surface area contributed by atoms with Gasteiger partial charge >= 0.3 is 0 Å². The predicted molar refractivity (Wildman–Crippen MR) is 71.0 cm³/mol. The van der Waals surface area contributed by atoms with Crippen molar-refractivity contribution in [3.05, 3.63) is 0 Å². The number of hydrogen-bond donors (Lipinski definition) is 2. The summed E-state index contributed by atoms with van der Waals surface area (Å²) in [5.41, 5.74) is 5.83. The number of nitrogens with two attached hydrogens (primary N) is 1. The summed E-state index contributed by atoms with van der Waals surface area (Å²) >= 11 is 0. The number of halogens is 1. The highest BCUT2D eigenvalue weighted by Gasteiger charge is 2.15.